The quantitative estimate of drug-likeness (QED) is 0.156. The Morgan fingerprint density at radius 3 is 1.77 bits per heavy atom. The molecular weight excluding hydrogens is 928 g/mol. The predicted octanol–water partition coefficient (Wildman–Crippen LogP) is 14.6. The van der Waals surface area contributed by atoms with Crippen molar-refractivity contribution in [3.8, 4) is 23.0 Å². The van der Waals surface area contributed by atoms with Crippen LogP contribution in [-0.4, -0.2) is 19.3 Å². The second-order valence-corrected chi connectivity index (χ2v) is 22.5. The van der Waals surface area contributed by atoms with Crippen LogP contribution in [0.3, 0.4) is 0 Å². The van der Waals surface area contributed by atoms with E-state index < -0.39 is 0 Å². The molecule has 0 fully saturated rings. The van der Waals surface area contributed by atoms with Crippen LogP contribution in [0, 0.1) is 12.1 Å². The van der Waals surface area contributed by atoms with Crippen LogP contribution in [0.2, 0.25) is 0 Å². The van der Waals surface area contributed by atoms with Crippen LogP contribution < -0.4 is 4.74 Å². The molecule has 0 aliphatic rings. The maximum Gasteiger partial charge on any atom is 2.00 e. The van der Waals surface area contributed by atoms with E-state index in [1.165, 1.54) is 33.0 Å². The number of benzene rings is 4. The Kier molecular flexibility index (Phi) is 11.9. The van der Waals surface area contributed by atoms with Crippen LogP contribution in [-0.2, 0) is 53.6 Å². The van der Waals surface area contributed by atoms with E-state index in [9.17, 15) is 0 Å². The van der Waals surface area contributed by atoms with Gasteiger partial charge in [-0.3, -0.25) is 4.68 Å². The van der Waals surface area contributed by atoms with Crippen molar-refractivity contribution in [2.75, 3.05) is 0 Å². The molecule has 3 heterocycles. The van der Waals surface area contributed by atoms with Gasteiger partial charge in [0.2, 0.25) is 0 Å². The molecule has 0 radical (unpaired) electrons. The van der Waals surface area contributed by atoms with E-state index in [1.807, 2.05) is 6.20 Å². The van der Waals surface area contributed by atoms with Crippen molar-refractivity contribution >= 4 is 21.8 Å². The zero-order chi connectivity index (χ0) is 44.0. The zero-order valence-corrected chi connectivity index (χ0v) is 41.9. The first-order valence-corrected chi connectivity index (χ1v) is 21.6. The number of hydrogen-bond acceptors (Lipinski definition) is 3. The summed E-state index contributed by atoms with van der Waals surface area (Å²) in [6, 6.07) is 38.3. The second kappa shape index (κ2) is 15.7. The molecule has 3 aromatic heterocycles. The number of ether oxygens (including phenoxy) is 1. The summed E-state index contributed by atoms with van der Waals surface area (Å²) in [5, 5.41) is 7.58. The number of fused-ring (bicyclic) bond motifs is 3. The fourth-order valence-electron chi connectivity index (χ4n) is 8.05. The molecule has 0 aliphatic heterocycles. The molecule has 0 atom stereocenters. The molecule has 4 aromatic carbocycles. The minimum atomic E-state index is -0.244. The Bertz CT molecular complexity index is 2710. The zero-order valence-electron chi connectivity index (χ0n) is 39.7. The van der Waals surface area contributed by atoms with E-state index in [1.54, 1.807) is 0 Å². The molecular formula is C55H66N4OPt. The van der Waals surface area contributed by atoms with Crippen LogP contribution >= 0.6 is 0 Å². The first-order chi connectivity index (χ1) is 27.6. The average molecular weight is 994 g/mol. The molecule has 0 saturated carbocycles. The summed E-state index contributed by atoms with van der Waals surface area (Å²) >= 11 is 0. The fraction of sp³-hybridized carbons (Fsp3) is 0.418. The second-order valence-electron chi connectivity index (χ2n) is 22.5. The van der Waals surface area contributed by atoms with Gasteiger partial charge in [-0.2, -0.15) is 5.10 Å². The minimum absolute atomic E-state index is 0. The molecule has 322 valence electrons. The third-order valence-corrected chi connectivity index (χ3v) is 12.0. The summed E-state index contributed by atoms with van der Waals surface area (Å²) in [6.45, 7) is 38.4. The molecule has 5 nitrogen and oxygen atoms in total. The van der Waals surface area contributed by atoms with Crippen molar-refractivity contribution in [1.82, 2.24) is 19.3 Å². The van der Waals surface area contributed by atoms with Gasteiger partial charge in [-0.05, 0) is 68.3 Å². The van der Waals surface area contributed by atoms with Gasteiger partial charge in [-0.25, -0.2) is 4.98 Å². The van der Waals surface area contributed by atoms with E-state index in [0.717, 1.165) is 39.5 Å². The summed E-state index contributed by atoms with van der Waals surface area (Å²) < 4.78 is 11.4. The maximum absolute atomic E-state index is 7.03. The van der Waals surface area contributed by atoms with Gasteiger partial charge in [0, 0.05) is 45.2 Å². The predicted molar refractivity (Wildman–Crippen MR) is 252 cm³/mol. The van der Waals surface area contributed by atoms with Crippen molar-refractivity contribution in [3.05, 3.63) is 142 Å². The summed E-state index contributed by atoms with van der Waals surface area (Å²) in [5.74, 6) is 2.11. The van der Waals surface area contributed by atoms with Crippen LogP contribution in [0.15, 0.2) is 91.1 Å². The Hall–Kier alpha value is -4.47. The minimum Gasteiger partial charge on any atom is -0.509 e. The number of nitrogens with zero attached hydrogens (tertiary/aromatic N) is 4. The Morgan fingerprint density at radius 2 is 1.18 bits per heavy atom. The topological polar surface area (TPSA) is 44.9 Å². The van der Waals surface area contributed by atoms with E-state index in [-0.39, 0.29) is 53.6 Å². The van der Waals surface area contributed by atoms with Gasteiger partial charge in [-0.15, -0.1) is 41.5 Å². The number of rotatable bonds is 6. The summed E-state index contributed by atoms with van der Waals surface area (Å²) in [6.07, 6.45) is 1.95. The van der Waals surface area contributed by atoms with Crippen molar-refractivity contribution in [3.63, 3.8) is 0 Å². The molecule has 0 unspecified atom stereocenters. The van der Waals surface area contributed by atoms with Crippen LogP contribution in [0.4, 0.5) is 0 Å². The van der Waals surface area contributed by atoms with Crippen molar-refractivity contribution in [1.29, 1.82) is 0 Å². The first-order valence-electron chi connectivity index (χ1n) is 21.6. The Balaban J connectivity index is 0.00000622. The smallest absolute Gasteiger partial charge is 0.509 e. The molecule has 61 heavy (non-hydrogen) atoms. The molecule has 7 rings (SSSR count). The molecule has 7 aromatic rings. The Labute approximate surface area is 380 Å². The number of pyridine rings is 1. The molecule has 0 amide bonds. The van der Waals surface area contributed by atoms with Crippen molar-refractivity contribution < 1.29 is 25.8 Å². The summed E-state index contributed by atoms with van der Waals surface area (Å²) in [4.78, 5) is 5.08. The van der Waals surface area contributed by atoms with E-state index >= 15 is 0 Å². The van der Waals surface area contributed by atoms with Gasteiger partial charge in [0.1, 0.15) is 5.82 Å². The Morgan fingerprint density at radius 1 is 0.541 bits per heavy atom. The average Bonchev–Trinajstić information content (AvgIpc) is 3.75. The third-order valence-electron chi connectivity index (χ3n) is 12.0. The van der Waals surface area contributed by atoms with Gasteiger partial charge in [0.25, 0.3) is 0 Å². The SMILES string of the molecule is CC(C)(C)c1cc(Oc2[c-]c3c(c(C(C)(C)C)c2)c2cc(C(C)(C)C)ccc2n3-c2cc(C(C)(C)c3ccccc3)ccn2)[c-]c(-n2nc(C(C)(C)C)cc2C(C)(C)C)c1.[Pt+2]. The molecule has 0 N–H and O–H groups in total. The number of hydrogen-bond donors (Lipinski definition) is 0. The van der Waals surface area contributed by atoms with Gasteiger partial charge in [-0.1, -0.05) is 171 Å². The third kappa shape index (κ3) is 9.06. The summed E-state index contributed by atoms with van der Waals surface area (Å²) in [7, 11) is 0. The monoisotopic (exact) mass is 993 g/mol. The molecule has 0 bridgehead atoms. The summed E-state index contributed by atoms with van der Waals surface area (Å²) in [5.41, 5.74) is 10.2. The van der Waals surface area contributed by atoms with Crippen LogP contribution in [0.25, 0.3) is 33.3 Å². The molecule has 0 aliphatic carbocycles. The van der Waals surface area contributed by atoms with Crippen LogP contribution in [0.5, 0.6) is 11.5 Å². The maximum atomic E-state index is 7.03. The van der Waals surface area contributed by atoms with Gasteiger partial charge < -0.3 is 9.30 Å². The van der Waals surface area contributed by atoms with Crippen LogP contribution in [0.1, 0.15) is 157 Å². The standard InChI is InChI=1S/C55H66N4O.Pt/c1-50(2,3)36-23-24-44-42(29-36)49-43(52(7,8)9)32-41(33-45(49)58(44)48-30-37(25-26-56-48)55(16,17)35-21-19-18-20-22-35)60-40-28-38(51(4,5)6)27-39(31-40)59-47(54(13,14)15)34-46(57-59)53(10,11)12;/h18-30,32,34H,1-17H3;/q-2;+2. The van der Waals surface area contributed by atoms with Gasteiger partial charge in [0.15, 0.2) is 0 Å². The van der Waals surface area contributed by atoms with Gasteiger partial charge >= 0.3 is 21.1 Å². The van der Waals surface area contributed by atoms with E-state index in [0.29, 0.717) is 11.5 Å². The van der Waals surface area contributed by atoms with E-state index in [2.05, 4.69) is 224 Å². The fourth-order valence-corrected chi connectivity index (χ4v) is 8.05. The normalized spacial score (nSPS) is 13.2. The molecule has 0 saturated heterocycles. The van der Waals surface area contributed by atoms with E-state index in [4.69, 9.17) is 14.8 Å². The largest absolute Gasteiger partial charge is 2.00 e. The number of aromatic nitrogens is 4. The van der Waals surface area contributed by atoms with Crippen molar-refractivity contribution in [2.24, 2.45) is 0 Å². The van der Waals surface area contributed by atoms with Crippen molar-refractivity contribution in [2.45, 2.75) is 150 Å². The molecule has 6 heteroatoms. The first kappa shape index (κ1) is 46.0. The molecule has 0 spiro atoms. The van der Waals surface area contributed by atoms with Gasteiger partial charge in [0.05, 0.1) is 5.69 Å².